The minimum Gasteiger partial charge on any atom is -0.493 e. The molecule has 2 aromatic rings. The summed E-state index contributed by atoms with van der Waals surface area (Å²) in [7, 11) is 0. The van der Waals surface area contributed by atoms with Crippen LogP contribution in [0.25, 0.3) is 0 Å². The lowest BCUT2D eigenvalue weighted by atomic mass is 10.2. The van der Waals surface area contributed by atoms with Gasteiger partial charge in [-0.05, 0) is 12.1 Å². The highest BCUT2D eigenvalue weighted by molar-refractivity contribution is 7.15. The number of rotatable bonds is 8. The molecule has 0 aliphatic rings. The molecule has 112 valence electrons. The highest BCUT2D eigenvalue weighted by atomic mass is 32.1. The lowest BCUT2D eigenvalue weighted by Crippen LogP contribution is -2.19. The zero-order valence-electron chi connectivity index (χ0n) is 11.7. The monoisotopic (exact) mass is 307 g/mol. The number of para-hydroxylation sites is 1. The van der Waals surface area contributed by atoms with Crippen molar-refractivity contribution in [1.82, 2.24) is 10.2 Å². The molecule has 0 aliphatic heterocycles. The van der Waals surface area contributed by atoms with Gasteiger partial charge in [0.15, 0.2) is 0 Å². The number of hydrogen-bond acceptors (Lipinski definition) is 6. The van der Waals surface area contributed by atoms with Crippen LogP contribution in [0, 0.1) is 5.92 Å². The molecule has 0 radical (unpaired) electrons. The van der Waals surface area contributed by atoms with Gasteiger partial charge in [0.25, 0.3) is 0 Å². The molecule has 2 N–H and O–H groups in total. The summed E-state index contributed by atoms with van der Waals surface area (Å²) >= 11 is 1.42. The Morgan fingerprint density at radius 1 is 1.38 bits per heavy atom. The molecule has 6 nitrogen and oxygen atoms in total. The van der Waals surface area contributed by atoms with E-state index in [1.54, 1.807) is 6.92 Å². The predicted octanol–water partition coefficient (Wildman–Crippen LogP) is 2.29. The molecule has 0 bridgehead atoms. The number of nitrogens with one attached hydrogen (secondary N) is 1. The Morgan fingerprint density at radius 3 is 2.86 bits per heavy atom. The molecule has 0 fully saturated rings. The van der Waals surface area contributed by atoms with Crippen LogP contribution in [0.3, 0.4) is 0 Å². The van der Waals surface area contributed by atoms with E-state index in [4.69, 9.17) is 9.84 Å². The molecule has 7 heteroatoms. The second-order valence-corrected chi connectivity index (χ2v) is 5.59. The Bertz CT molecular complexity index is 574. The lowest BCUT2D eigenvalue weighted by molar-refractivity contribution is -0.140. The average molecular weight is 307 g/mol. The summed E-state index contributed by atoms with van der Waals surface area (Å²) in [6.45, 7) is 2.51. The van der Waals surface area contributed by atoms with Gasteiger partial charge in [0.2, 0.25) is 5.13 Å². The summed E-state index contributed by atoms with van der Waals surface area (Å²) in [5.74, 6) is -0.460. The number of carboxylic acids is 1. The van der Waals surface area contributed by atoms with Gasteiger partial charge in [-0.2, -0.15) is 0 Å². The molecule has 21 heavy (non-hydrogen) atoms. The molecule has 1 atom stereocenters. The third-order valence-corrected chi connectivity index (χ3v) is 3.72. The fourth-order valence-corrected chi connectivity index (χ4v) is 2.25. The van der Waals surface area contributed by atoms with Crippen molar-refractivity contribution in [1.29, 1.82) is 0 Å². The Morgan fingerprint density at radius 2 is 2.14 bits per heavy atom. The van der Waals surface area contributed by atoms with Gasteiger partial charge in [-0.3, -0.25) is 4.79 Å². The van der Waals surface area contributed by atoms with E-state index in [1.165, 1.54) is 11.3 Å². The number of aliphatic carboxylic acids is 1. The number of nitrogens with zero attached hydrogens (tertiary/aromatic N) is 2. The van der Waals surface area contributed by atoms with Crippen molar-refractivity contribution < 1.29 is 14.6 Å². The van der Waals surface area contributed by atoms with Gasteiger partial charge in [0.05, 0.1) is 12.5 Å². The van der Waals surface area contributed by atoms with Gasteiger partial charge < -0.3 is 15.2 Å². The Balaban J connectivity index is 1.74. The van der Waals surface area contributed by atoms with Crippen molar-refractivity contribution in [3.63, 3.8) is 0 Å². The molecule has 1 aromatic heterocycles. The molecule has 0 saturated carbocycles. The van der Waals surface area contributed by atoms with Crippen molar-refractivity contribution in [3.8, 4) is 5.75 Å². The highest BCUT2D eigenvalue weighted by Crippen LogP contribution is 2.17. The first kappa shape index (κ1) is 15.2. The number of ether oxygens (including phenoxy) is 1. The van der Waals surface area contributed by atoms with Crippen LogP contribution in [-0.2, 0) is 11.2 Å². The maximum Gasteiger partial charge on any atom is 0.308 e. The molecule has 2 rings (SSSR count). The third kappa shape index (κ3) is 5.03. The molecule has 0 aliphatic carbocycles. The number of hydrogen-bond donors (Lipinski definition) is 2. The van der Waals surface area contributed by atoms with Gasteiger partial charge in [-0.15, -0.1) is 10.2 Å². The first-order chi connectivity index (χ1) is 10.1. The van der Waals surface area contributed by atoms with Gasteiger partial charge in [-0.25, -0.2) is 0 Å². The maximum absolute atomic E-state index is 10.7. The first-order valence-electron chi connectivity index (χ1n) is 6.62. The van der Waals surface area contributed by atoms with E-state index in [-0.39, 0.29) is 0 Å². The van der Waals surface area contributed by atoms with Crippen molar-refractivity contribution in [3.05, 3.63) is 35.3 Å². The minimum atomic E-state index is -0.830. The molecular weight excluding hydrogens is 290 g/mol. The molecule has 1 aromatic carbocycles. The van der Waals surface area contributed by atoms with E-state index in [0.29, 0.717) is 24.7 Å². The van der Waals surface area contributed by atoms with Crippen LogP contribution >= 0.6 is 11.3 Å². The van der Waals surface area contributed by atoms with Crippen LogP contribution < -0.4 is 10.1 Å². The van der Waals surface area contributed by atoms with E-state index >= 15 is 0 Å². The summed E-state index contributed by atoms with van der Waals surface area (Å²) in [6.07, 6.45) is 0.669. The smallest absolute Gasteiger partial charge is 0.308 e. The number of anilines is 1. The van der Waals surface area contributed by atoms with Crippen LogP contribution in [-0.4, -0.2) is 34.4 Å². The third-order valence-electron chi connectivity index (χ3n) is 2.78. The van der Waals surface area contributed by atoms with Crippen LogP contribution in [0.5, 0.6) is 5.75 Å². The summed E-state index contributed by atoms with van der Waals surface area (Å²) in [4.78, 5) is 10.7. The Hall–Kier alpha value is -2.15. The van der Waals surface area contributed by atoms with Gasteiger partial charge in [-0.1, -0.05) is 36.5 Å². The number of carbonyl (C=O) groups is 1. The lowest BCUT2D eigenvalue weighted by Gasteiger charge is -2.05. The minimum absolute atomic E-state index is 0.338. The molecular formula is C14H17N3O3S. The average Bonchev–Trinajstić information content (AvgIpc) is 2.93. The standard InChI is InChI=1S/C14H17N3O3S/c1-10(13(18)19)9-15-14-17-16-12(21-14)7-8-20-11-5-3-2-4-6-11/h2-6,10H,7-9H2,1H3,(H,15,17)(H,18,19). The van der Waals surface area contributed by atoms with E-state index in [9.17, 15) is 4.79 Å². The number of carboxylic acid groups (broad SMARTS) is 1. The number of aromatic nitrogens is 2. The van der Waals surface area contributed by atoms with E-state index in [1.807, 2.05) is 30.3 Å². The molecule has 0 amide bonds. The largest absolute Gasteiger partial charge is 0.493 e. The van der Waals surface area contributed by atoms with Crippen LogP contribution in [0.15, 0.2) is 30.3 Å². The highest BCUT2D eigenvalue weighted by Gasteiger charge is 2.11. The van der Waals surface area contributed by atoms with Crippen LogP contribution in [0.1, 0.15) is 11.9 Å². The second-order valence-electron chi connectivity index (χ2n) is 4.53. The second kappa shape index (κ2) is 7.58. The summed E-state index contributed by atoms with van der Waals surface area (Å²) < 4.78 is 5.59. The first-order valence-corrected chi connectivity index (χ1v) is 7.43. The van der Waals surface area contributed by atoms with Gasteiger partial charge >= 0.3 is 5.97 Å². The number of benzene rings is 1. The van der Waals surface area contributed by atoms with Crippen molar-refractivity contribution in [2.24, 2.45) is 5.92 Å². The molecule has 0 saturated heterocycles. The maximum atomic E-state index is 10.7. The molecule has 1 unspecified atom stereocenters. The zero-order chi connectivity index (χ0) is 15.1. The van der Waals surface area contributed by atoms with E-state index in [0.717, 1.165) is 10.8 Å². The van der Waals surface area contributed by atoms with Crippen molar-refractivity contribution in [2.75, 3.05) is 18.5 Å². The van der Waals surface area contributed by atoms with Crippen LogP contribution in [0.2, 0.25) is 0 Å². The normalized spacial score (nSPS) is 11.9. The van der Waals surface area contributed by atoms with Crippen molar-refractivity contribution >= 4 is 22.4 Å². The predicted molar refractivity (Wildman–Crippen MR) is 80.8 cm³/mol. The Kier molecular flexibility index (Phi) is 5.51. The van der Waals surface area contributed by atoms with Gasteiger partial charge in [0, 0.05) is 13.0 Å². The Labute approximate surface area is 126 Å². The topological polar surface area (TPSA) is 84.3 Å². The van der Waals surface area contributed by atoms with E-state index in [2.05, 4.69) is 15.5 Å². The van der Waals surface area contributed by atoms with Gasteiger partial charge in [0.1, 0.15) is 10.8 Å². The summed E-state index contributed by atoms with van der Waals surface area (Å²) in [5, 5.41) is 21.3. The fraction of sp³-hybridized carbons (Fsp3) is 0.357. The van der Waals surface area contributed by atoms with Crippen LogP contribution in [0.4, 0.5) is 5.13 Å². The summed E-state index contributed by atoms with van der Waals surface area (Å²) in [5.41, 5.74) is 0. The molecule has 0 spiro atoms. The van der Waals surface area contributed by atoms with E-state index < -0.39 is 11.9 Å². The molecule has 1 heterocycles. The SMILES string of the molecule is CC(CNc1nnc(CCOc2ccccc2)s1)C(=O)O. The summed E-state index contributed by atoms with van der Waals surface area (Å²) in [6, 6.07) is 9.59. The quantitative estimate of drug-likeness (QED) is 0.778. The zero-order valence-corrected chi connectivity index (χ0v) is 12.5. The van der Waals surface area contributed by atoms with Crippen molar-refractivity contribution in [2.45, 2.75) is 13.3 Å². The fourth-order valence-electron chi connectivity index (χ4n) is 1.53.